The van der Waals surface area contributed by atoms with E-state index in [4.69, 9.17) is 11.6 Å². The Kier molecular flexibility index (Phi) is 4.74. The second-order valence-electron chi connectivity index (χ2n) is 4.79. The van der Waals surface area contributed by atoms with E-state index in [0.717, 1.165) is 0 Å². The standard InChI is InChI=1S/C12H19ClN4O2S/c1-16(2)12-10(13)4-3-5-11(12)15-20(18,19)17-8-6-14-7-9-17/h3-5,14-15H,6-9H2,1-2H3. The Morgan fingerprint density at radius 1 is 1.30 bits per heavy atom. The first-order chi connectivity index (χ1) is 9.42. The van der Waals surface area contributed by atoms with Crippen LogP contribution in [0.25, 0.3) is 0 Å². The summed E-state index contributed by atoms with van der Waals surface area (Å²) in [6, 6.07) is 5.17. The number of nitrogens with one attached hydrogen (secondary N) is 2. The summed E-state index contributed by atoms with van der Waals surface area (Å²) in [5.74, 6) is 0. The Balaban J connectivity index is 2.27. The number of halogens is 1. The summed E-state index contributed by atoms with van der Waals surface area (Å²) in [6.45, 7) is 2.26. The molecule has 0 atom stereocenters. The highest BCUT2D eigenvalue weighted by atomic mass is 35.5. The highest BCUT2D eigenvalue weighted by Crippen LogP contribution is 2.33. The lowest BCUT2D eigenvalue weighted by molar-refractivity contribution is 0.362. The van der Waals surface area contributed by atoms with Crippen LogP contribution >= 0.6 is 11.6 Å². The molecule has 0 bridgehead atoms. The molecule has 0 amide bonds. The third-order valence-corrected chi connectivity index (χ3v) is 4.92. The van der Waals surface area contributed by atoms with Crippen LogP contribution in [0.4, 0.5) is 11.4 Å². The maximum Gasteiger partial charge on any atom is 0.301 e. The van der Waals surface area contributed by atoms with Crippen LogP contribution in [0.1, 0.15) is 0 Å². The van der Waals surface area contributed by atoms with Crippen molar-refractivity contribution in [2.45, 2.75) is 0 Å². The molecule has 0 aromatic heterocycles. The minimum Gasteiger partial charge on any atom is -0.375 e. The van der Waals surface area contributed by atoms with Crippen molar-refractivity contribution >= 4 is 33.2 Å². The summed E-state index contributed by atoms with van der Waals surface area (Å²) in [7, 11) is 0.0953. The first kappa shape index (κ1) is 15.4. The van der Waals surface area contributed by atoms with Crippen molar-refractivity contribution in [3.05, 3.63) is 23.2 Å². The topological polar surface area (TPSA) is 64.7 Å². The second kappa shape index (κ2) is 6.17. The van der Waals surface area contributed by atoms with E-state index in [1.807, 2.05) is 14.1 Å². The van der Waals surface area contributed by atoms with E-state index in [1.54, 1.807) is 23.1 Å². The van der Waals surface area contributed by atoms with E-state index in [2.05, 4.69) is 10.0 Å². The van der Waals surface area contributed by atoms with Gasteiger partial charge in [0.25, 0.3) is 0 Å². The molecule has 1 heterocycles. The van der Waals surface area contributed by atoms with Gasteiger partial charge in [0.2, 0.25) is 0 Å². The number of piperazine rings is 1. The van der Waals surface area contributed by atoms with Crippen LogP contribution in [0.5, 0.6) is 0 Å². The average molecular weight is 319 g/mol. The third kappa shape index (κ3) is 3.35. The fourth-order valence-corrected chi connectivity index (χ4v) is 3.72. The van der Waals surface area contributed by atoms with Crippen molar-refractivity contribution in [2.24, 2.45) is 0 Å². The number of hydrogen-bond donors (Lipinski definition) is 2. The van der Waals surface area contributed by atoms with Crippen molar-refractivity contribution in [2.75, 3.05) is 49.9 Å². The second-order valence-corrected chi connectivity index (χ2v) is 6.86. The van der Waals surface area contributed by atoms with E-state index >= 15 is 0 Å². The van der Waals surface area contributed by atoms with Gasteiger partial charge in [-0.05, 0) is 12.1 Å². The fourth-order valence-electron chi connectivity index (χ4n) is 2.14. The molecule has 0 unspecified atom stereocenters. The first-order valence-electron chi connectivity index (χ1n) is 6.36. The van der Waals surface area contributed by atoms with E-state index in [-0.39, 0.29) is 0 Å². The van der Waals surface area contributed by atoms with Gasteiger partial charge in [0.15, 0.2) is 0 Å². The smallest absolute Gasteiger partial charge is 0.301 e. The van der Waals surface area contributed by atoms with E-state index < -0.39 is 10.2 Å². The van der Waals surface area contributed by atoms with Crippen molar-refractivity contribution in [3.8, 4) is 0 Å². The highest BCUT2D eigenvalue weighted by Gasteiger charge is 2.25. The lowest BCUT2D eigenvalue weighted by atomic mass is 10.2. The zero-order valence-corrected chi connectivity index (χ0v) is 13.1. The van der Waals surface area contributed by atoms with Crippen molar-refractivity contribution in [3.63, 3.8) is 0 Å². The number of hydrogen-bond acceptors (Lipinski definition) is 4. The average Bonchev–Trinajstić information content (AvgIpc) is 2.39. The number of rotatable bonds is 4. The van der Waals surface area contributed by atoms with E-state index in [0.29, 0.717) is 42.6 Å². The summed E-state index contributed by atoms with van der Waals surface area (Å²) < 4.78 is 28.8. The third-order valence-electron chi connectivity index (χ3n) is 3.09. The molecular weight excluding hydrogens is 300 g/mol. The Morgan fingerprint density at radius 2 is 1.95 bits per heavy atom. The summed E-state index contributed by atoms with van der Waals surface area (Å²) in [5, 5.41) is 3.64. The minimum atomic E-state index is -3.55. The number of para-hydroxylation sites is 1. The number of nitrogens with zero attached hydrogens (tertiary/aromatic N) is 2. The quantitative estimate of drug-likeness (QED) is 0.868. The molecule has 1 aromatic rings. The Morgan fingerprint density at radius 3 is 2.55 bits per heavy atom. The summed E-state index contributed by atoms with van der Waals surface area (Å²) >= 11 is 6.14. The lowest BCUT2D eigenvalue weighted by Gasteiger charge is -2.28. The molecule has 0 spiro atoms. The Labute approximate surface area is 124 Å². The van der Waals surface area contributed by atoms with Crippen LogP contribution in [0.15, 0.2) is 18.2 Å². The predicted octanol–water partition coefficient (Wildman–Crippen LogP) is 0.968. The van der Waals surface area contributed by atoms with Crippen molar-refractivity contribution in [1.82, 2.24) is 9.62 Å². The van der Waals surface area contributed by atoms with Gasteiger partial charge in [0, 0.05) is 40.3 Å². The monoisotopic (exact) mass is 318 g/mol. The lowest BCUT2D eigenvalue weighted by Crippen LogP contribution is -2.48. The molecule has 2 rings (SSSR count). The maximum absolute atomic E-state index is 12.4. The molecule has 1 saturated heterocycles. The number of benzene rings is 1. The summed E-state index contributed by atoms with van der Waals surface area (Å²) in [5.41, 5.74) is 1.15. The van der Waals surface area contributed by atoms with Gasteiger partial charge in [0.1, 0.15) is 0 Å². The first-order valence-corrected chi connectivity index (χ1v) is 8.18. The van der Waals surface area contributed by atoms with Crippen LogP contribution in [-0.2, 0) is 10.2 Å². The Hall–Kier alpha value is -1.02. The molecule has 2 N–H and O–H groups in total. The molecule has 1 aliphatic heterocycles. The van der Waals surface area contributed by atoms with Gasteiger partial charge in [-0.1, -0.05) is 17.7 Å². The predicted molar refractivity (Wildman–Crippen MR) is 82.8 cm³/mol. The SMILES string of the molecule is CN(C)c1c(Cl)cccc1NS(=O)(=O)N1CCNCC1. The molecule has 112 valence electrons. The zero-order valence-electron chi connectivity index (χ0n) is 11.6. The van der Waals surface area contributed by atoms with Gasteiger partial charge in [-0.3, -0.25) is 4.72 Å². The van der Waals surface area contributed by atoms with E-state index in [1.165, 1.54) is 4.31 Å². The van der Waals surface area contributed by atoms with Crippen molar-refractivity contribution < 1.29 is 8.42 Å². The van der Waals surface area contributed by atoms with Gasteiger partial charge >= 0.3 is 10.2 Å². The van der Waals surface area contributed by atoms with Crippen LogP contribution in [0, 0.1) is 0 Å². The normalized spacial score (nSPS) is 16.9. The molecule has 20 heavy (non-hydrogen) atoms. The Bertz CT molecular complexity index is 571. The van der Waals surface area contributed by atoms with Crippen LogP contribution in [0.2, 0.25) is 5.02 Å². The van der Waals surface area contributed by atoms with Crippen LogP contribution in [0.3, 0.4) is 0 Å². The highest BCUT2D eigenvalue weighted by molar-refractivity contribution is 7.90. The molecule has 8 heteroatoms. The molecule has 0 saturated carbocycles. The molecule has 1 fully saturated rings. The van der Waals surface area contributed by atoms with Gasteiger partial charge in [0.05, 0.1) is 16.4 Å². The van der Waals surface area contributed by atoms with Crippen LogP contribution < -0.4 is 14.9 Å². The molecule has 6 nitrogen and oxygen atoms in total. The number of anilines is 2. The fraction of sp³-hybridized carbons (Fsp3) is 0.500. The summed E-state index contributed by atoms with van der Waals surface area (Å²) in [6.07, 6.45) is 0. The molecule has 1 aliphatic rings. The zero-order chi connectivity index (χ0) is 14.8. The van der Waals surface area contributed by atoms with Gasteiger partial charge in [-0.15, -0.1) is 0 Å². The van der Waals surface area contributed by atoms with Gasteiger partial charge in [-0.25, -0.2) is 0 Å². The largest absolute Gasteiger partial charge is 0.375 e. The van der Waals surface area contributed by atoms with Gasteiger partial charge in [-0.2, -0.15) is 12.7 Å². The molecule has 0 aliphatic carbocycles. The van der Waals surface area contributed by atoms with E-state index in [9.17, 15) is 8.42 Å². The van der Waals surface area contributed by atoms with Crippen molar-refractivity contribution in [1.29, 1.82) is 0 Å². The maximum atomic E-state index is 12.4. The van der Waals surface area contributed by atoms with Gasteiger partial charge < -0.3 is 10.2 Å². The molecule has 0 radical (unpaired) electrons. The molecule has 1 aromatic carbocycles. The van der Waals surface area contributed by atoms with Crippen LogP contribution in [-0.4, -0.2) is 53.0 Å². The minimum absolute atomic E-state index is 0.465. The molecular formula is C12H19ClN4O2S. The summed E-state index contributed by atoms with van der Waals surface area (Å²) in [4.78, 5) is 1.79.